The van der Waals surface area contributed by atoms with Gasteiger partial charge in [-0.3, -0.25) is 0 Å². The molecule has 1 saturated carbocycles. The summed E-state index contributed by atoms with van der Waals surface area (Å²) >= 11 is 0. The summed E-state index contributed by atoms with van der Waals surface area (Å²) in [5, 5.41) is 3.46. The van der Waals surface area contributed by atoms with Crippen LogP contribution in [0.2, 0.25) is 0 Å². The van der Waals surface area contributed by atoms with Crippen molar-refractivity contribution in [1.29, 1.82) is 0 Å². The summed E-state index contributed by atoms with van der Waals surface area (Å²) in [7, 11) is 0. The fraction of sp³-hybridized carbons (Fsp3) is 1.00. The molecule has 3 rings (SSSR count). The van der Waals surface area contributed by atoms with Crippen LogP contribution < -0.4 is 5.32 Å². The summed E-state index contributed by atoms with van der Waals surface area (Å²) < 4.78 is 0. The molecule has 0 bridgehead atoms. The second kappa shape index (κ2) is 4.30. The zero-order valence-corrected chi connectivity index (χ0v) is 10.7. The molecule has 0 amide bonds. The Kier molecular flexibility index (Phi) is 2.97. The van der Waals surface area contributed by atoms with Gasteiger partial charge in [0.1, 0.15) is 0 Å². The maximum atomic E-state index is 3.46. The summed E-state index contributed by atoms with van der Waals surface area (Å²) in [4.78, 5) is 2.79. The first kappa shape index (κ1) is 11.0. The molecule has 1 spiro atoms. The maximum Gasteiger partial charge on any atom is 0.00957 e. The highest BCUT2D eigenvalue weighted by atomic mass is 15.2. The van der Waals surface area contributed by atoms with Gasteiger partial charge in [0.05, 0.1) is 0 Å². The van der Waals surface area contributed by atoms with Crippen molar-refractivity contribution in [3.05, 3.63) is 0 Å². The van der Waals surface area contributed by atoms with Crippen LogP contribution in [0, 0.1) is 11.3 Å². The van der Waals surface area contributed by atoms with Gasteiger partial charge >= 0.3 is 0 Å². The van der Waals surface area contributed by atoms with Gasteiger partial charge in [-0.1, -0.05) is 6.92 Å². The molecule has 2 nitrogen and oxygen atoms in total. The van der Waals surface area contributed by atoms with E-state index >= 15 is 0 Å². The highest BCUT2D eigenvalue weighted by Crippen LogP contribution is 2.41. The lowest BCUT2D eigenvalue weighted by atomic mass is 9.68. The lowest BCUT2D eigenvalue weighted by molar-refractivity contribution is 0.0370. The topological polar surface area (TPSA) is 15.3 Å². The molecule has 2 heteroatoms. The van der Waals surface area contributed by atoms with E-state index in [0.717, 1.165) is 17.4 Å². The van der Waals surface area contributed by atoms with Crippen LogP contribution in [0.3, 0.4) is 0 Å². The molecule has 3 aliphatic rings. The summed E-state index contributed by atoms with van der Waals surface area (Å²) in [5.74, 6) is 0.974. The van der Waals surface area contributed by atoms with Crippen LogP contribution in [0.4, 0.5) is 0 Å². The van der Waals surface area contributed by atoms with Crippen molar-refractivity contribution < 1.29 is 0 Å². The van der Waals surface area contributed by atoms with Gasteiger partial charge in [0.25, 0.3) is 0 Å². The molecule has 2 aliphatic heterocycles. The Bertz CT molecular complexity index is 229. The predicted octanol–water partition coefficient (Wildman–Crippen LogP) is 2.25. The lowest BCUT2D eigenvalue weighted by Crippen LogP contribution is -2.57. The molecule has 92 valence electrons. The first-order valence-electron chi connectivity index (χ1n) is 7.22. The second-order valence-electron chi connectivity index (χ2n) is 6.55. The number of likely N-dealkylation sites (tertiary alicyclic amines) is 1. The Balaban J connectivity index is 1.50. The third-order valence-corrected chi connectivity index (χ3v) is 5.35. The minimum Gasteiger partial charge on any atom is -0.316 e. The Labute approximate surface area is 99.8 Å². The fourth-order valence-corrected chi connectivity index (χ4v) is 3.81. The van der Waals surface area contributed by atoms with E-state index < -0.39 is 0 Å². The van der Waals surface area contributed by atoms with Gasteiger partial charge in [0, 0.05) is 19.1 Å². The van der Waals surface area contributed by atoms with E-state index in [4.69, 9.17) is 0 Å². The molecule has 3 fully saturated rings. The van der Waals surface area contributed by atoms with Crippen molar-refractivity contribution in [3.8, 4) is 0 Å². The standard InChI is InChI=1S/C14H26N2/c1-12-4-8-16(9-5-12)13-2-6-14(7-3-13)10-15-11-14/h12-13,15H,2-11H2,1H3. The van der Waals surface area contributed by atoms with Crippen molar-refractivity contribution in [2.45, 2.75) is 51.5 Å². The number of nitrogens with zero attached hydrogens (tertiary/aromatic N) is 1. The lowest BCUT2D eigenvalue weighted by Gasteiger charge is -2.50. The van der Waals surface area contributed by atoms with E-state index in [1.165, 1.54) is 64.7 Å². The van der Waals surface area contributed by atoms with E-state index in [0.29, 0.717) is 0 Å². The molecule has 16 heavy (non-hydrogen) atoms. The van der Waals surface area contributed by atoms with Crippen LogP contribution in [0.15, 0.2) is 0 Å². The molecule has 1 N–H and O–H groups in total. The third-order valence-electron chi connectivity index (χ3n) is 5.35. The van der Waals surface area contributed by atoms with E-state index in [-0.39, 0.29) is 0 Å². The zero-order valence-electron chi connectivity index (χ0n) is 10.7. The Hall–Kier alpha value is -0.0800. The van der Waals surface area contributed by atoms with Gasteiger partial charge in [-0.15, -0.1) is 0 Å². The van der Waals surface area contributed by atoms with Crippen LogP contribution in [0.25, 0.3) is 0 Å². The average Bonchev–Trinajstić information content (AvgIpc) is 2.28. The molecule has 1 aliphatic carbocycles. The second-order valence-corrected chi connectivity index (χ2v) is 6.55. The monoisotopic (exact) mass is 222 g/mol. The highest BCUT2D eigenvalue weighted by Gasteiger charge is 2.41. The number of nitrogens with one attached hydrogen (secondary N) is 1. The van der Waals surface area contributed by atoms with Gasteiger partial charge < -0.3 is 10.2 Å². The predicted molar refractivity (Wildman–Crippen MR) is 67.5 cm³/mol. The van der Waals surface area contributed by atoms with Crippen LogP contribution in [0.5, 0.6) is 0 Å². The summed E-state index contributed by atoms with van der Waals surface area (Å²) in [5.41, 5.74) is 0.736. The van der Waals surface area contributed by atoms with Crippen molar-refractivity contribution >= 4 is 0 Å². The molecule has 0 unspecified atom stereocenters. The quantitative estimate of drug-likeness (QED) is 0.732. The Morgan fingerprint density at radius 2 is 1.62 bits per heavy atom. The van der Waals surface area contributed by atoms with E-state index in [9.17, 15) is 0 Å². The van der Waals surface area contributed by atoms with Crippen molar-refractivity contribution in [2.24, 2.45) is 11.3 Å². The minimum atomic E-state index is 0.736. The van der Waals surface area contributed by atoms with Crippen LogP contribution >= 0.6 is 0 Å². The molecule has 0 aromatic carbocycles. The van der Waals surface area contributed by atoms with E-state index in [1.54, 1.807) is 0 Å². The smallest absolute Gasteiger partial charge is 0.00957 e. The molecule has 0 aromatic heterocycles. The average molecular weight is 222 g/mol. The van der Waals surface area contributed by atoms with Gasteiger partial charge in [0.2, 0.25) is 0 Å². The van der Waals surface area contributed by atoms with Gasteiger partial charge in [-0.2, -0.15) is 0 Å². The SMILES string of the molecule is CC1CCN(C2CCC3(CC2)CNC3)CC1. The summed E-state index contributed by atoms with van der Waals surface area (Å²) in [6.45, 7) is 7.76. The summed E-state index contributed by atoms with van der Waals surface area (Å²) in [6.07, 6.45) is 8.77. The van der Waals surface area contributed by atoms with Crippen molar-refractivity contribution in [3.63, 3.8) is 0 Å². The minimum absolute atomic E-state index is 0.736. The van der Waals surface area contributed by atoms with Crippen molar-refractivity contribution in [2.75, 3.05) is 26.2 Å². The van der Waals surface area contributed by atoms with Gasteiger partial charge in [-0.05, 0) is 62.9 Å². The van der Waals surface area contributed by atoms with Gasteiger partial charge in [-0.25, -0.2) is 0 Å². The fourth-order valence-electron chi connectivity index (χ4n) is 3.81. The zero-order chi connectivity index (χ0) is 11.0. The van der Waals surface area contributed by atoms with E-state index in [2.05, 4.69) is 17.1 Å². The molecule has 0 aromatic rings. The third kappa shape index (κ3) is 2.02. The normalized spacial score (nSPS) is 32.8. The van der Waals surface area contributed by atoms with Crippen LogP contribution in [0.1, 0.15) is 45.4 Å². The van der Waals surface area contributed by atoms with Gasteiger partial charge in [0.15, 0.2) is 0 Å². The summed E-state index contributed by atoms with van der Waals surface area (Å²) in [6, 6.07) is 0.929. The van der Waals surface area contributed by atoms with Crippen molar-refractivity contribution in [1.82, 2.24) is 10.2 Å². The highest BCUT2D eigenvalue weighted by molar-refractivity contribution is 4.97. The van der Waals surface area contributed by atoms with Crippen LogP contribution in [-0.4, -0.2) is 37.1 Å². The first-order chi connectivity index (χ1) is 7.77. The number of rotatable bonds is 1. The molecular weight excluding hydrogens is 196 g/mol. The maximum absolute atomic E-state index is 3.46. The molecule has 0 atom stereocenters. The molecule has 0 radical (unpaired) electrons. The number of piperidine rings is 1. The molecular formula is C14H26N2. The molecule has 2 saturated heterocycles. The molecule has 2 heterocycles. The van der Waals surface area contributed by atoms with E-state index in [1.807, 2.05) is 0 Å². The number of hydrogen-bond donors (Lipinski definition) is 1. The largest absolute Gasteiger partial charge is 0.316 e. The number of hydrogen-bond acceptors (Lipinski definition) is 2. The Morgan fingerprint density at radius 3 is 2.12 bits per heavy atom. The first-order valence-corrected chi connectivity index (χ1v) is 7.22. The van der Waals surface area contributed by atoms with Crippen LogP contribution in [-0.2, 0) is 0 Å². The Morgan fingerprint density at radius 1 is 1.00 bits per heavy atom.